The highest BCUT2D eigenvalue weighted by Gasteiger charge is 2.35. The van der Waals surface area contributed by atoms with Crippen molar-refractivity contribution in [3.8, 4) is 6.07 Å². The number of nitrogens with zero attached hydrogens (tertiary/aromatic N) is 3. The van der Waals surface area contributed by atoms with Gasteiger partial charge in [0.15, 0.2) is 23.6 Å². The summed E-state index contributed by atoms with van der Waals surface area (Å²) in [6.07, 6.45) is -7.48. The Morgan fingerprint density at radius 3 is 2.11 bits per heavy atom. The minimum Gasteiger partial charge on any atom is -0.479 e. The van der Waals surface area contributed by atoms with Crippen LogP contribution in [0.3, 0.4) is 0 Å². The highest BCUT2D eigenvalue weighted by atomic mass is 19.4. The maximum atomic E-state index is 12.9. The summed E-state index contributed by atoms with van der Waals surface area (Å²) in [5, 5.41) is 57.1. The van der Waals surface area contributed by atoms with E-state index >= 15 is 0 Å². The number of aliphatic carboxylic acids is 2. The lowest BCUT2D eigenvalue weighted by Crippen LogP contribution is -2.43. The smallest absolute Gasteiger partial charge is 0.417 e. The Kier molecular flexibility index (Phi) is 9.41. The van der Waals surface area contributed by atoms with E-state index in [1.807, 2.05) is 0 Å². The number of halogens is 4. The number of hydrogen-bond acceptors (Lipinski definition) is 8. The van der Waals surface area contributed by atoms with Crippen molar-refractivity contribution in [2.24, 2.45) is 0 Å². The molecule has 0 aliphatic rings. The van der Waals surface area contributed by atoms with E-state index in [1.165, 1.54) is 6.07 Å². The minimum absolute atomic E-state index is 0.247. The summed E-state index contributed by atoms with van der Waals surface area (Å²) in [6.45, 7) is 0.696. The Hall–Kier alpha value is -4.07. The van der Waals surface area contributed by atoms with E-state index in [0.717, 1.165) is 36.1 Å². The summed E-state index contributed by atoms with van der Waals surface area (Å²) < 4.78 is 52.6. The molecule has 0 radical (unpaired) electrons. The van der Waals surface area contributed by atoms with Crippen LogP contribution in [0.1, 0.15) is 18.1 Å². The number of rotatable bonds is 7. The molecule has 35 heavy (non-hydrogen) atoms. The maximum absolute atomic E-state index is 12.9. The molecule has 1 aromatic heterocycles. The molecule has 6 N–H and O–H groups in total. The Bertz CT molecular complexity index is 1110. The first-order chi connectivity index (χ1) is 16.0. The molecule has 16 heteroatoms. The molecular weight excluding hydrogens is 488 g/mol. The topological polar surface area (TPSA) is 206 Å². The van der Waals surface area contributed by atoms with Crippen molar-refractivity contribution >= 4 is 23.5 Å². The quantitative estimate of drug-likeness (QED) is 0.281. The number of nitriles is 1. The molecule has 1 heterocycles. The Balaban J connectivity index is 0.000000518. The van der Waals surface area contributed by atoms with E-state index in [-0.39, 0.29) is 5.69 Å². The largest absolute Gasteiger partial charge is 0.479 e. The lowest BCUT2D eigenvalue weighted by molar-refractivity contribution is -0.165. The van der Waals surface area contributed by atoms with Gasteiger partial charge in [0.25, 0.3) is 5.91 Å². The molecule has 2 rings (SSSR count). The second-order valence-corrected chi connectivity index (χ2v) is 7.02. The summed E-state index contributed by atoms with van der Waals surface area (Å²) in [5.41, 5.74) is -4.11. The number of aliphatic hydroxyl groups is 3. The molecule has 3 unspecified atom stereocenters. The summed E-state index contributed by atoms with van der Waals surface area (Å²) in [7, 11) is 0. The van der Waals surface area contributed by atoms with Crippen LogP contribution in [0.5, 0.6) is 0 Å². The number of carboxylic acids is 2. The average molecular weight is 506 g/mol. The van der Waals surface area contributed by atoms with Crippen molar-refractivity contribution in [1.29, 1.82) is 5.26 Å². The first kappa shape index (κ1) is 29.0. The van der Waals surface area contributed by atoms with Crippen LogP contribution in [-0.2, 0) is 27.1 Å². The van der Waals surface area contributed by atoms with Crippen LogP contribution in [0, 0.1) is 17.1 Å². The number of amides is 1. The van der Waals surface area contributed by atoms with Crippen LogP contribution >= 0.6 is 0 Å². The third-order valence-electron chi connectivity index (χ3n) is 4.07. The molecule has 3 atom stereocenters. The van der Waals surface area contributed by atoms with Gasteiger partial charge in [-0.25, -0.2) is 14.0 Å². The van der Waals surface area contributed by atoms with Crippen molar-refractivity contribution < 1.29 is 57.5 Å². The fraction of sp³-hybridized carbons (Fsp3) is 0.316. The standard InChI is InChI=1S/C15H12F4N4O2.C4H6O6/c1-14(25,8-23-7-10(16)6-21-23)13(24)22-11-3-2-9(5-20)12(4-11)15(17,18)19;5-1(3(7)8)2(6)4(9)10/h2-4,6-7,25H,8H2,1H3,(H,22,24);1-2,5-6H,(H,7,8)(H,9,10). The molecule has 0 bridgehead atoms. The van der Waals surface area contributed by atoms with E-state index < -0.39 is 65.3 Å². The van der Waals surface area contributed by atoms with E-state index in [4.69, 9.17) is 25.7 Å². The van der Waals surface area contributed by atoms with Gasteiger partial charge in [0.2, 0.25) is 0 Å². The van der Waals surface area contributed by atoms with Crippen molar-refractivity contribution in [3.05, 3.63) is 47.5 Å². The van der Waals surface area contributed by atoms with Gasteiger partial charge in [-0.15, -0.1) is 0 Å². The second kappa shape index (κ2) is 11.4. The van der Waals surface area contributed by atoms with Crippen molar-refractivity contribution in [2.75, 3.05) is 5.32 Å². The van der Waals surface area contributed by atoms with Crippen LogP contribution in [0.15, 0.2) is 30.6 Å². The monoisotopic (exact) mass is 506 g/mol. The summed E-state index contributed by atoms with van der Waals surface area (Å²) in [4.78, 5) is 31.7. The molecule has 12 nitrogen and oxygen atoms in total. The number of aliphatic hydroxyl groups excluding tert-OH is 2. The van der Waals surface area contributed by atoms with Crippen LogP contribution < -0.4 is 5.32 Å². The Labute approximate surface area is 193 Å². The average Bonchev–Trinajstić information content (AvgIpc) is 3.15. The Morgan fingerprint density at radius 2 is 1.71 bits per heavy atom. The highest BCUT2D eigenvalue weighted by Crippen LogP contribution is 2.33. The number of aromatic nitrogens is 2. The predicted molar refractivity (Wildman–Crippen MR) is 105 cm³/mol. The molecule has 0 aliphatic carbocycles. The van der Waals surface area contributed by atoms with E-state index in [2.05, 4.69) is 10.4 Å². The predicted octanol–water partition coefficient (Wildman–Crippen LogP) is 0.180. The fourth-order valence-corrected chi connectivity index (χ4v) is 2.30. The van der Waals surface area contributed by atoms with Crippen LogP contribution in [0.4, 0.5) is 23.2 Å². The normalized spacial score (nSPS) is 14.4. The number of anilines is 1. The molecule has 0 saturated heterocycles. The first-order valence-corrected chi connectivity index (χ1v) is 9.14. The van der Waals surface area contributed by atoms with E-state index in [1.54, 1.807) is 0 Å². The molecule has 0 saturated carbocycles. The highest BCUT2D eigenvalue weighted by molar-refractivity contribution is 5.96. The minimum atomic E-state index is -4.78. The maximum Gasteiger partial charge on any atom is 0.417 e. The zero-order valence-corrected chi connectivity index (χ0v) is 17.6. The molecule has 1 aromatic carbocycles. The molecule has 1 amide bonds. The number of hydrogen-bond donors (Lipinski definition) is 6. The van der Waals surface area contributed by atoms with Crippen LogP contribution in [0.25, 0.3) is 0 Å². The lowest BCUT2D eigenvalue weighted by atomic mass is 10.0. The number of carbonyl (C=O) groups is 3. The van der Waals surface area contributed by atoms with Gasteiger partial charge in [-0.2, -0.15) is 23.5 Å². The number of carboxylic acid groups (broad SMARTS) is 2. The summed E-state index contributed by atoms with van der Waals surface area (Å²) in [5.74, 6) is -5.22. The number of alkyl halides is 3. The van der Waals surface area contributed by atoms with Gasteiger partial charge in [-0.05, 0) is 25.1 Å². The van der Waals surface area contributed by atoms with Gasteiger partial charge in [0, 0.05) is 5.69 Å². The third-order valence-corrected chi connectivity index (χ3v) is 4.07. The third kappa shape index (κ3) is 8.33. The molecule has 0 fully saturated rings. The van der Waals surface area contributed by atoms with Gasteiger partial charge < -0.3 is 30.8 Å². The van der Waals surface area contributed by atoms with Gasteiger partial charge >= 0.3 is 18.1 Å². The van der Waals surface area contributed by atoms with Gasteiger partial charge in [0.05, 0.1) is 36.1 Å². The molecule has 190 valence electrons. The molecule has 2 aromatic rings. The molecule has 0 spiro atoms. The summed E-state index contributed by atoms with van der Waals surface area (Å²) >= 11 is 0. The number of nitrogens with one attached hydrogen (secondary N) is 1. The summed E-state index contributed by atoms with van der Waals surface area (Å²) in [6, 6.07) is 4.04. The second-order valence-electron chi connectivity index (χ2n) is 7.02. The lowest BCUT2D eigenvalue weighted by Gasteiger charge is -2.22. The molecular formula is C19H18F4N4O8. The van der Waals surface area contributed by atoms with Crippen LogP contribution in [0.2, 0.25) is 0 Å². The van der Waals surface area contributed by atoms with Crippen molar-refractivity contribution in [2.45, 2.75) is 37.5 Å². The van der Waals surface area contributed by atoms with Crippen LogP contribution in [-0.4, -0.2) is 71.0 Å². The van der Waals surface area contributed by atoms with Gasteiger partial charge in [0.1, 0.15) is 0 Å². The molecule has 0 aliphatic heterocycles. The van der Waals surface area contributed by atoms with Crippen molar-refractivity contribution in [1.82, 2.24) is 9.78 Å². The SMILES string of the molecule is CC(O)(Cn1cc(F)cn1)C(=O)Nc1ccc(C#N)c(C(F)(F)F)c1.O=C(O)C(O)C(O)C(=O)O. The van der Waals surface area contributed by atoms with E-state index in [0.29, 0.717) is 6.07 Å². The van der Waals surface area contributed by atoms with Crippen molar-refractivity contribution in [3.63, 3.8) is 0 Å². The number of benzene rings is 1. The zero-order valence-electron chi connectivity index (χ0n) is 17.6. The zero-order chi connectivity index (χ0) is 27.1. The van der Waals surface area contributed by atoms with Gasteiger partial charge in [-0.3, -0.25) is 9.48 Å². The number of carbonyl (C=O) groups excluding carboxylic acids is 1. The Morgan fingerprint density at radius 1 is 1.17 bits per heavy atom. The van der Waals surface area contributed by atoms with Gasteiger partial charge in [-0.1, -0.05) is 0 Å². The fourth-order valence-electron chi connectivity index (χ4n) is 2.30. The van der Waals surface area contributed by atoms with E-state index in [9.17, 15) is 37.1 Å². The first-order valence-electron chi connectivity index (χ1n) is 9.14.